The van der Waals surface area contributed by atoms with E-state index in [1.807, 2.05) is 24.7 Å². The maximum Gasteiger partial charge on any atom is 0.230 e. The second-order valence-electron chi connectivity index (χ2n) is 9.42. The van der Waals surface area contributed by atoms with E-state index in [-0.39, 0.29) is 29.3 Å². The lowest BCUT2D eigenvalue weighted by molar-refractivity contribution is -0.121. The Kier molecular flexibility index (Phi) is 6.95. The molecule has 5 rings (SSSR count). The number of likely N-dealkylation sites (tertiary alicyclic amines) is 1. The van der Waals surface area contributed by atoms with E-state index in [4.69, 9.17) is 4.74 Å². The van der Waals surface area contributed by atoms with E-state index in [0.29, 0.717) is 5.75 Å². The minimum Gasteiger partial charge on any atom is -0.378 e. The Morgan fingerprint density at radius 3 is 2.66 bits per heavy atom. The summed E-state index contributed by atoms with van der Waals surface area (Å²) in [6.45, 7) is 2.67. The molecule has 1 aliphatic heterocycles. The number of aromatic nitrogens is 2. The van der Waals surface area contributed by atoms with E-state index in [9.17, 15) is 9.18 Å². The van der Waals surface area contributed by atoms with Crippen LogP contribution in [0.25, 0.3) is 5.69 Å². The first kappa shape index (κ1) is 24.0. The van der Waals surface area contributed by atoms with Crippen LogP contribution < -0.4 is 5.32 Å². The number of ether oxygens (including phenoxy) is 1. The first-order valence-corrected chi connectivity index (χ1v) is 13.4. The van der Waals surface area contributed by atoms with Gasteiger partial charge in [0.2, 0.25) is 5.91 Å². The second-order valence-corrected chi connectivity index (χ2v) is 10.3. The van der Waals surface area contributed by atoms with Gasteiger partial charge in [0.1, 0.15) is 5.82 Å². The van der Waals surface area contributed by atoms with Crippen molar-refractivity contribution in [3.63, 3.8) is 0 Å². The van der Waals surface area contributed by atoms with Gasteiger partial charge < -0.3 is 10.1 Å². The van der Waals surface area contributed by atoms with E-state index in [2.05, 4.69) is 33.5 Å². The van der Waals surface area contributed by atoms with Crippen molar-refractivity contribution < 1.29 is 13.9 Å². The second kappa shape index (κ2) is 10.1. The number of nitrogens with one attached hydrogen (secondary N) is 1. The molecule has 0 radical (unpaired) electrons. The summed E-state index contributed by atoms with van der Waals surface area (Å²) in [5, 5.41) is 7.71. The lowest BCUT2D eigenvalue weighted by Crippen LogP contribution is -2.50. The van der Waals surface area contributed by atoms with Crippen molar-refractivity contribution in [2.75, 3.05) is 32.2 Å². The van der Waals surface area contributed by atoms with Gasteiger partial charge in [-0.25, -0.2) is 9.07 Å². The van der Waals surface area contributed by atoms with Gasteiger partial charge in [-0.3, -0.25) is 9.69 Å². The Hall–Kier alpha value is -2.68. The lowest BCUT2D eigenvalue weighted by atomic mass is 9.72. The topological polar surface area (TPSA) is 59.4 Å². The molecule has 3 aromatic rings. The van der Waals surface area contributed by atoms with Crippen LogP contribution in [0.2, 0.25) is 0 Å². The number of amides is 1. The molecule has 8 heteroatoms. The third-order valence-electron chi connectivity index (χ3n) is 7.41. The number of fused-ring (bicyclic) bond motifs is 2. The third kappa shape index (κ3) is 4.62. The monoisotopic (exact) mass is 494 g/mol. The summed E-state index contributed by atoms with van der Waals surface area (Å²) < 4.78 is 21.1. The number of thioether (sulfide) groups is 1. The minimum absolute atomic E-state index is 0.0482. The van der Waals surface area contributed by atoms with Crippen LogP contribution in [0.4, 0.5) is 4.39 Å². The number of hydrogen-bond acceptors (Lipinski definition) is 5. The molecule has 184 valence electrons. The predicted molar refractivity (Wildman–Crippen MR) is 136 cm³/mol. The molecule has 1 amide bonds. The average Bonchev–Trinajstić information content (AvgIpc) is 3.43. The summed E-state index contributed by atoms with van der Waals surface area (Å²) in [7, 11) is 1.77. The zero-order valence-electron chi connectivity index (χ0n) is 20.1. The summed E-state index contributed by atoms with van der Waals surface area (Å²) in [5.74, 6) is 0.242. The van der Waals surface area contributed by atoms with Crippen molar-refractivity contribution in [2.24, 2.45) is 0 Å². The van der Waals surface area contributed by atoms with Crippen molar-refractivity contribution in [3.05, 3.63) is 83.4 Å². The van der Waals surface area contributed by atoms with Crippen molar-refractivity contribution in [1.29, 1.82) is 0 Å². The molecule has 0 saturated carbocycles. The van der Waals surface area contributed by atoms with Crippen molar-refractivity contribution in [2.45, 2.75) is 36.9 Å². The fourth-order valence-electron chi connectivity index (χ4n) is 5.82. The predicted octanol–water partition coefficient (Wildman–Crippen LogP) is 4.09. The zero-order valence-corrected chi connectivity index (χ0v) is 20.9. The largest absolute Gasteiger partial charge is 0.378 e. The van der Waals surface area contributed by atoms with E-state index in [1.165, 1.54) is 35.0 Å². The highest BCUT2D eigenvalue weighted by atomic mass is 32.2. The summed E-state index contributed by atoms with van der Waals surface area (Å²) >= 11 is 1.53. The molecule has 35 heavy (non-hydrogen) atoms. The molecule has 2 aliphatic rings. The van der Waals surface area contributed by atoms with Crippen LogP contribution in [-0.2, 0) is 21.5 Å². The van der Waals surface area contributed by atoms with Crippen LogP contribution in [0, 0.1) is 5.82 Å². The molecule has 2 atom stereocenters. The fraction of sp³-hybridized carbons (Fsp3) is 0.407. The number of rotatable bonds is 7. The molecule has 1 saturated heterocycles. The number of hydrogen-bond donors (Lipinski definition) is 1. The molecule has 2 heterocycles. The minimum atomic E-state index is -0.253. The number of piperidine rings is 1. The molecule has 2 aromatic carbocycles. The highest BCUT2D eigenvalue weighted by molar-refractivity contribution is 7.99. The van der Waals surface area contributed by atoms with Gasteiger partial charge >= 0.3 is 0 Å². The molecule has 1 aliphatic carbocycles. The molecular formula is C27H31FN4O2S. The number of carbonyl (C=O) groups is 1. The van der Waals surface area contributed by atoms with Gasteiger partial charge in [0.15, 0.2) is 0 Å². The van der Waals surface area contributed by atoms with Gasteiger partial charge in [-0.15, -0.1) is 0 Å². The first-order valence-electron chi connectivity index (χ1n) is 12.0. The van der Waals surface area contributed by atoms with Gasteiger partial charge in [-0.2, -0.15) is 16.9 Å². The van der Waals surface area contributed by atoms with Crippen LogP contribution in [0.15, 0.2) is 60.9 Å². The Morgan fingerprint density at radius 1 is 1.20 bits per heavy atom. The first-order chi connectivity index (χ1) is 17.0. The Labute approximate surface area is 209 Å². The van der Waals surface area contributed by atoms with E-state index < -0.39 is 0 Å². The highest BCUT2D eigenvalue weighted by Gasteiger charge is 2.53. The zero-order chi connectivity index (χ0) is 24.4. The number of methoxy groups -OCH3 is 1. The Bertz CT molecular complexity index is 1170. The van der Waals surface area contributed by atoms with Crippen molar-refractivity contribution >= 4 is 17.7 Å². The molecule has 1 spiro atoms. The average molecular weight is 495 g/mol. The lowest BCUT2D eigenvalue weighted by Gasteiger charge is -2.44. The smallest absolute Gasteiger partial charge is 0.230 e. The Balaban J connectivity index is 1.30. The normalized spacial score (nSPS) is 21.2. The van der Waals surface area contributed by atoms with Gasteiger partial charge in [0, 0.05) is 30.8 Å². The maximum absolute atomic E-state index is 13.2. The molecular weight excluding hydrogens is 463 g/mol. The quantitative estimate of drug-likeness (QED) is 0.536. The Morgan fingerprint density at radius 2 is 1.94 bits per heavy atom. The van der Waals surface area contributed by atoms with E-state index in [1.54, 1.807) is 23.9 Å². The molecule has 1 N–H and O–H groups in total. The standard InChI is InChI=1S/C27H31FN4O2S/c1-34-26-25(30-24(33)18-35-2)22-5-3-4-6-23(22)27(26)11-13-31(14-12-27)16-19-15-29-32(17-19)21-9-7-20(28)8-10-21/h3-10,15,17,25-26H,11-14,16,18H2,1-2H3,(H,30,33)/t25-,26+/m1/s1. The van der Waals surface area contributed by atoms with Crippen molar-refractivity contribution in [1.82, 2.24) is 20.0 Å². The molecule has 1 aromatic heterocycles. The third-order valence-corrected chi connectivity index (χ3v) is 7.96. The van der Waals surface area contributed by atoms with Gasteiger partial charge in [-0.1, -0.05) is 24.3 Å². The van der Waals surface area contributed by atoms with Crippen LogP contribution in [0.5, 0.6) is 0 Å². The van der Waals surface area contributed by atoms with Crippen molar-refractivity contribution in [3.8, 4) is 5.69 Å². The van der Waals surface area contributed by atoms with Crippen LogP contribution in [0.3, 0.4) is 0 Å². The van der Waals surface area contributed by atoms with Gasteiger partial charge in [0.05, 0.1) is 29.8 Å². The summed E-state index contributed by atoms with van der Waals surface area (Å²) in [5.41, 5.74) is 4.35. The summed E-state index contributed by atoms with van der Waals surface area (Å²) in [6.07, 6.45) is 7.67. The SMILES string of the molecule is CO[C@H]1[C@H](NC(=O)CSC)c2ccccc2C12CCN(Cc1cnn(-c3ccc(F)cc3)c1)CC2. The van der Waals surface area contributed by atoms with Crippen LogP contribution in [0.1, 0.15) is 35.6 Å². The maximum atomic E-state index is 13.2. The number of carbonyl (C=O) groups excluding carboxylic acids is 1. The molecule has 0 bridgehead atoms. The molecule has 1 fully saturated rings. The van der Waals surface area contributed by atoms with E-state index in [0.717, 1.165) is 43.7 Å². The number of benzene rings is 2. The molecule has 0 unspecified atom stereocenters. The van der Waals surface area contributed by atoms with E-state index >= 15 is 0 Å². The van der Waals surface area contributed by atoms with Crippen LogP contribution >= 0.6 is 11.8 Å². The highest BCUT2D eigenvalue weighted by Crippen LogP contribution is 2.52. The molecule has 6 nitrogen and oxygen atoms in total. The van der Waals surface area contributed by atoms with Crippen LogP contribution in [-0.4, -0.2) is 58.9 Å². The fourth-order valence-corrected chi connectivity index (χ4v) is 6.16. The summed E-state index contributed by atoms with van der Waals surface area (Å²) in [4.78, 5) is 14.9. The van der Waals surface area contributed by atoms with Gasteiger partial charge in [-0.05, 0) is 67.6 Å². The number of nitrogens with zero attached hydrogens (tertiary/aromatic N) is 3. The number of halogens is 1. The van der Waals surface area contributed by atoms with Gasteiger partial charge in [0.25, 0.3) is 0 Å². The summed E-state index contributed by atoms with van der Waals surface area (Å²) in [6, 6.07) is 14.7.